The molecule has 0 spiro atoms. The molecule has 0 saturated carbocycles. The average molecular weight is 254 g/mol. The van der Waals surface area contributed by atoms with Crippen LogP contribution in [0.5, 0.6) is 0 Å². The number of hydrogen-bond acceptors (Lipinski definition) is 2. The lowest BCUT2D eigenvalue weighted by Gasteiger charge is -2.35. The number of piperidine rings is 1. The summed E-state index contributed by atoms with van der Waals surface area (Å²) in [5.41, 5.74) is 0. The first kappa shape index (κ1) is 13.2. The predicted molar refractivity (Wildman–Crippen MR) is 67.3 cm³/mol. The third-order valence-electron chi connectivity index (χ3n) is 4.29. The Morgan fingerprint density at radius 2 is 1.72 bits per heavy atom. The van der Waals surface area contributed by atoms with Gasteiger partial charge in [-0.2, -0.15) is 0 Å². The van der Waals surface area contributed by atoms with Gasteiger partial charge in [-0.25, -0.2) is 9.59 Å². The number of carboxylic acids is 1. The molecule has 0 aromatic heterocycles. The highest BCUT2D eigenvalue weighted by atomic mass is 16.4. The molecule has 5 heteroatoms. The van der Waals surface area contributed by atoms with Crippen molar-refractivity contribution in [2.24, 2.45) is 11.8 Å². The Balaban J connectivity index is 2.05. The van der Waals surface area contributed by atoms with E-state index in [2.05, 4.69) is 13.8 Å². The summed E-state index contributed by atoms with van der Waals surface area (Å²) in [6.45, 7) is 6.37. The minimum absolute atomic E-state index is 0.0849. The zero-order valence-electron chi connectivity index (χ0n) is 11.1. The summed E-state index contributed by atoms with van der Waals surface area (Å²) in [5.74, 6) is 0.132. The number of aliphatic carboxylic acids is 1. The highest BCUT2D eigenvalue weighted by Gasteiger charge is 2.37. The highest BCUT2D eigenvalue weighted by Crippen LogP contribution is 2.25. The second kappa shape index (κ2) is 5.16. The molecule has 18 heavy (non-hydrogen) atoms. The van der Waals surface area contributed by atoms with Gasteiger partial charge in [0, 0.05) is 19.6 Å². The monoisotopic (exact) mass is 254 g/mol. The van der Waals surface area contributed by atoms with E-state index in [9.17, 15) is 14.7 Å². The number of hydrogen-bond donors (Lipinski definition) is 1. The molecule has 2 aliphatic rings. The molecule has 3 unspecified atom stereocenters. The minimum Gasteiger partial charge on any atom is -0.480 e. The fraction of sp³-hybridized carbons (Fsp3) is 0.846. The van der Waals surface area contributed by atoms with Gasteiger partial charge in [0.2, 0.25) is 0 Å². The van der Waals surface area contributed by atoms with Crippen molar-refractivity contribution in [1.82, 2.24) is 9.80 Å². The third-order valence-corrected chi connectivity index (χ3v) is 4.29. The summed E-state index contributed by atoms with van der Waals surface area (Å²) in [5, 5.41) is 9.19. The maximum absolute atomic E-state index is 12.4. The second-order valence-corrected chi connectivity index (χ2v) is 5.69. The van der Waals surface area contributed by atoms with Gasteiger partial charge in [0.1, 0.15) is 6.04 Å². The van der Waals surface area contributed by atoms with E-state index in [1.807, 2.05) is 4.90 Å². The van der Waals surface area contributed by atoms with Gasteiger partial charge in [-0.15, -0.1) is 0 Å². The second-order valence-electron chi connectivity index (χ2n) is 5.69. The molecule has 2 aliphatic heterocycles. The molecule has 0 aliphatic carbocycles. The predicted octanol–water partition coefficient (Wildman–Crippen LogP) is 1.63. The van der Waals surface area contributed by atoms with E-state index in [0.29, 0.717) is 24.8 Å². The summed E-state index contributed by atoms with van der Waals surface area (Å²) in [7, 11) is 0. The van der Waals surface area contributed by atoms with E-state index < -0.39 is 12.0 Å². The smallest absolute Gasteiger partial charge is 0.326 e. The van der Waals surface area contributed by atoms with E-state index in [1.54, 1.807) is 4.90 Å². The Labute approximate surface area is 108 Å². The zero-order valence-corrected chi connectivity index (χ0v) is 11.1. The van der Waals surface area contributed by atoms with E-state index >= 15 is 0 Å². The maximum atomic E-state index is 12.4. The first-order valence-electron chi connectivity index (χ1n) is 6.79. The molecule has 0 aromatic carbocycles. The average Bonchev–Trinajstić information content (AvgIpc) is 2.68. The van der Waals surface area contributed by atoms with Crippen molar-refractivity contribution in [2.45, 2.75) is 39.2 Å². The SMILES string of the molecule is CC1CN(C(=O)N2CCCCC2C(=O)O)CC1C. The Morgan fingerprint density at radius 1 is 1.11 bits per heavy atom. The zero-order chi connectivity index (χ0) is 13.3. The number of carbonyl (C=O) groups is 2. The van der Waals surface area contributed by atoms with Crippen molar-refractivity contribution >= 4 is 12.0 Å². The lowest BCUT2D eigenvalue weighted by atomic mass is 10.0. The maximum Gasteiger partial charge on any atom is 0.326 e. The van der Waals surface area contributed by atoms with Gasteiger partial charge in [-0.3, -0.25) is 0 Å². The molecular formula is C13H22N2O3. The topological polar surface area (TPSA) is 60.9 Å². The molecule has 1 N–H and O–H groups in total. The number of carbonyl (C=O) groups excluding carboxylic acids is 1. The largest absolute Gasteiger partial charge is 0.480 e. The van der Waals surface area contributed by atoms with Crippen LogP contribution in [0.15, 0.2) is 0 Å². The Hall–Kier alpha value is -1.26. The molecule has 102 valence electrons. The van der Waals surface area contributed by atoms with Crippen molar-refractivity contribution in [1.29, 1.82) is 0 Å². The van der Waals surface area contributed by atoms with Gasteiger partial charge in [0.05, 0.1) is 0 Å². The number of amides is 2. The molecule has 2 saturated heterocycles. The fourth-order valence-electron chi connectivity index (χ4n) is 2.88. The van der Waals surface area contributed by atoms with Crippen LogP contribution in [0, 0.1) is 11.8 Å². The number of urea groups is 1. The van der Waals surface area contributed by atoms with E-state index in [0.717, 1.165) is 25.9 Å². The number of likely N-dealkylation sites (tertiary alicyclic amines) is 2. The van der Waals surface area contributed by atoms with E-state index in [-0.39, 0.29) is 6.03 Å². The van der Waals surface area contributed by atoms with Gasteiger partial charge >= 0.3 is 12.0 Å². The first-order chi connectivity index (χ1) is 8.50. The van der Waals surface area contributed by atoms with Gasteiger partial charge in [0.25, 0.3) is 0 Å². The molecular weight excluding hydrogens is 232 g/mol. The summed E-state index contributed by atoms with van der Waals surface area (Å²) >= 11 is 0. The molecule has 2 rings (SSSR count). The number of nitrogens with zero attached hydrogens (tertiary/aromatic N) is 2. The fourth-order valence-corrected chi connectivity index (χ4v) is 2.88. The summed E-state index contributed by atoms with van der Waals surface area (Å²) in [6, 6.07) is -0.712. The molecule has 0 radical (unpaired) electrons. The van der Waals surface area contributed by atoms with Crippen LogP contribution in [0.25, 0.3) is 0 Å². The third kappa shape index (κ3) is 2.44. The highest BCUT2D eigenvalue weighted by molar-refractivity contribution is 5.83. The van der Waals surface area contributed by atoms with Crippen LogP contribution in [-0.2, 0) is 4.79 Å². The van der Waals surface area contributed by atoms with Gasteiger partial charge in [-0.1, -0.05) is 13.8 Å². The lowest BCUT2D eigenvalue weighted by molar-refractivity contribution is -0.143. The minimum atomic E-state index is -0.872. The Bertz CT molecular complexity index is 335. The summed E-state index contributed by atoms with van der Waals surface area (Å²) in [4.78, 5) is 27.0. The van der Waals surface area contributed by atoms with E-state index in [4.69, 9.17) is 0 Å². The van der Waals surface area contributed by atoms with Crippen LogP contribution >= 0.6 is 0 Å². The standard InChI is InChI=1S/C13H22N2O3/c1-9-7-14(8-10(9)2)13(18)15-6-4-3-5-11(15)12(16)17/h9-11H,3-8H2,1-2H3,(H,16,17). The van der Waals surface area contributed by atoms with Gasteiger partial charge in [0.15, 0.2) is 0 Å². The normalized spacial score (nSPS) is 32.7. The Kier molecular flexibility index (Phi) is 3.78. The quantitative estimate of drug-likeness (QED) is 0.773. The summed E-state index contributed by atoms with van der Waals surface area (Å²) < 4.78 is 0. The molecule has 0 bridgehead atoms. The number of carboxylic acid groups (broad SMARTS) is 1. The van der Waals surface area contributed by atoms with Gasteiger partial charge in [-0.05, 0) is 31.1 Å². The van der Waals surface area contributed by atoms with Crippen molar-refractivity contribution < 1.29 is 14.7 Å². The van der Waals surface area contributed by atoms with Crippen LogP contribution in [0.3, 0.4) is 0 Å². The molecule has 2 fully saturated rings. The summed E-state index contributed by atoms with van der Waals surface area (Å²) in [6.07, 6.45) is 2.39. The van der Waals surface area contributed by atoms with Gasteiger partial charge < -0.3 is 14.9 Å². The van der Waals surface area contributed by atoms with Crippen molar-refractivity contribution in [2.75, 3.05) is 19.6 Å². The molecule has 5 nitrogen and oxygen atoms in total. The van der Waals surface area contributed by atoms with E-state index in [1.165, 1.54) is 0 Å². The van der Waals surface area contributed by atoms with Crippen LogP contribution in [-0.4, -0.2) is 52.6 Å². The van der Waals surface area contributed by atoms with Crippen LogP contribution in [0.4, 0.5) is 4.79 Å². The van der Waals surface area contributed by atoms with Crippen LogP contribution < -0.4 is 0 Å². The molecule has 0 aromatic rings. The first-order valence-corrected chi connectivity index (χ1v) is 6.79. The van der Waals surface area contributed by atoms with Crippen molar-refractivity contribution in [3.8, 4) is 0 Å². The lowest BCUT2D eigenvalue weighted by Crippen LogP contribution is -2.52. The number of rotatable bonds is 1. The van der Waals surface area contributed by atoms with Crippen LogP contribution in [0.2, 0.25) is 0 Å². The van der Waals surface area contributed by atoms with Crippen molar-refractivity contribution in [3.05, 3.63) is 0 Å². The molecule has 3 atom stereocenters. The molecule has 2 heterocycles. The Morgan fingerprint density at radius 3 is 2.28 bits per heavy atom. The van der Waals surface area contributed by atoms with Crippen molar-refractivity contribution in [3.63, 3.8) is 0 Å². The molecule has 2 amide bonds. The van der Waals surface area contributed by atoms with Crippen LogP contribution in [0.1, 0.15) is 33.1 Å².